The number of furan rings is 1. The van der Waals surface area contributed by atoms with Crippen LogP contribution >= 0.6 is 0 Å². The molecule has 0 aromatic carbocycles. The Morgan fingerprint density at radius 1 is 1.27 bits per heavy atom. The van der Waals surface area contributed by atoms with Crippen molar-refractivity contribution in [2.75, 3.05) is 0 Å². The number of hydrogen-bond acceptors (Lipinski definition) is 3. The number of hydrazone groups is 1. The van der Waals surface area contributed by atoms with Crippen LogP contribution in [0.4, 0.5) is 0 Å². The maximum atomic E-state index is 12.3. The van der Waals surface area contributed by atoms with Crippen LogP contribution in [0.3, 0.4) is 0 Å². The Balaban J connectivity index is 1.35. The van der Waals surface area contributed by atoms with Crippen molar-refractivity contribution in [2.45, 2.75) is 51.9 Å². The maximum absolute atomic E-state index is 12.3. The first-order chi connectivity index (χ1) is 10.6. The number of nitrogens with zero attached hydrogens (tertiary/aromatic N) is 1. The molecular weight excluding hydrogens is 276 g/mol. The van der Waals surface area contributed by atoms with Crippen LogP contribution in [0.15, 0.2) is 21.7 Å². The van der Waals surface area contributed by atoms with Crippen molar-refractivity contribution in [1.29, 1.82) is 0 Å². The standard InChI is InChI=1S/C18H24N2O2/c1-12-2-3-16(22-12)11-19-20-17(21)10-18-7-13-4-14(8-18)6-15(5-13)9-18/h2-3,11,13-15H,4-10H2,1H3,(H,20,21)/b19-11-. The van der Waals surface area contributed by atoms with E-state index in [1.165, 1.54) is 38.5 Å². The Kier molecular flexibility index (Phi) is 3.35. The second-order valence-corrected chi connectivity index (χ2v) is 7.84. The summed E-state index contributed by atoms with van der Waals surface area (Å²) in [6, 6.07) is 3.74. The first kappa shape index (κ1) is 14.0. The lowest BCUT2D eigenvalue weighted by Gasteiger charge is -2.56. The van der Waals surface area contributed by atoms with Gasteiger partial charge in [0.15, 0.2) is 0 Å². The fraction of sp³-hybridized carbons (Fsp3) is 0.667. The molecule has 0 aliphatic heterocycles. The zero-order valence-corrected chi connectivity index (χ0v) is 13.2. The van der Waals surface area contributed by atoms with Gasteiger partial charge >= 0.3 is 0 Å². The molecule has 0 spiro atoms. The first-order valence-corrected chi connectivity index (χ1v) is 8.49. The van der Waals surface area contributed by atoms with Gasteiger partial charge in [0.2, 0.25) is 5.91 Å². The summed E-state index contributed by atoms with van der Waals surface area (Å²) in [6.07, 6.45) is 10.2. The molecule has 5 rings (SSSR count). The van der Waals surface area contributed by atoms with Crippen molar-refractivity contribution in [2.24, 2.45) is 28.3 Å². The van der Waals surface area contributed by atoms with Gasteiger partial charge in [-0.2, -0.15) is 5.10 Å². The van der Waals surface area contributed by atoms with Gasteiger partial charge in [-0.05, 0) is 80.8 Å². The van der Waals surface area contributed by atoms with E-state index in [-0.39, 0.29) is 11.3 Å². The van der Waals surface area contributed by atoms with Gasteiger partial charge < -0.3 is 4.42 Å². The average molecular weight is 300 g/mol. The van der Waals surface area contributed by atoms with Crippen LogP contribution in [0, 0.1) is 30.1 Å². The highest BCUT2D eigenvalue weighted by Crippen LogP contribution is 2.61. The summed E-state index contributed by atoms with van der Waals surface area (Å²) in [5.41, 5.74) is 2.96. The molecule has 4 nitrogen and oxygen atoms in total. The van der Waals surface area contributed by atoms with Crippen LogP contribution < -0.4 is 5.43 Å². The zero-order chi connectivity index (χ0) is 15.2. The maximum Gasteiger partial charge on any atom is 0.240 e. The number of carbonyl (C=O) groups excluding carboxylic acids is 1. The fourth-order valence-corrected chi connectivity index (χ4v) is 5.58. The molecule has 4 fully saturated rings. The lowest BCUT2D eigenvalue weighted by atomic mass is 9.49. The summed E-state index contributed by atoms with van der Waals surface area (Å²) < 4.78 is 5.40. The normalized spacial score (nSPS) is 36.1. The highest BCUT2D eigenvalue weighted by Gasteiger charge is 2.51. The Labute approximate surface area is 131 Å². The van der Waals surface area contributed by atoms with Crippen LogP contribution in [0.25, 0.3) is 0 Å². The molecule has 1 N–H and O–H groups in total. The number of hydrogen-bond donors (Lipinski definition) is 1. The summed E-state index contributed by atoms with van der Waals surface area (Å²) in [5, 5.41) is 4.03. The van der Waals surface area contributed by atoms with Gasteiger partial charge in [-0.25, -0.2) is 5.43 Å². The van der Waals surface area contributed by atoms with E-state index in [0.717, 1.165) is 23.5 Å². The van der Waals surface area contributed by atoms with E-state index in [1.54, 1.807) is 6.21 Å². The number of amides is 1. The molecule has 118 valence electrons. The molecule has 1 amide bonds. The SMILES string of the molecule is Cc1ccc(/C=N\NC(=O)CC23CC4CC(CC(C4)C2)C3)o1. The van der Waals surface area contributed by atoms with Crippen LogP contribution in [-0.2, 0) is 4.79 Å². The third-order valence-corrected chi connectivity index (χ3v) is 5.84. The predicted molar refractivity (Wildman–Crippen MR) is 84.4 cm³/mol. The van der Waals surface area contributed by atoms with Crippen molar-refractivity contribution in [3.8, 4) is 0 Å². The molecule has 4 heteroatoms. The van der Waals surface area contributed by atoms with E-state index >= 15 is 0 Å². The predicted octanol–water partition coefficient (Wildman–Crippen LogP) is 3.64. The fourth-order valence-electron chi connectivity index (χ4n) is 5.58. The van der Waals surface area contributed by atoms with Gasteiger partial charge in [0.1, 0.15) is 11.5 Å². The number of carbonyl (C=O) groups is 1. The van der Waals surface area contributed by atoms with Crippen molar-refractivity contribution in [3.63, 3.8) is 0 Å². The van der Waals surface area contributed by atoms with E-state index in [1.807, 2.05) is 19.1 Å². The molecule has 4 saturated carbocycles. The van der Waals surface area contributed by atoms with Crippen molar-refractivity contribution >= 4 is 12.1 Å². The van der Waals surface area contributed by atoms with Gasteiger partial charge in [0.05, 0.1) is 6.21 Å². The summed E-state index contributed by atoms with van der Waals surface area (Å²) in [4.78, 5) is 12.3. The van der Waals surface area contributed by atoms with E-state index in [0.29, 0.717) is 12.2 Å². The van der Waals surface area contributed by atoms with Crippen LogP contribution in [0.5, 0.6) is 0 Å². The third-order valence-electron chi connectivity index (χ3n) is 5.84. The molecule has 4 aliphatic rings. The van der Waals surface area contributed by atoms with E-state index < -0.39 is 0 Å². The van der Waals surface area contributed by atoms with E-state index in [2.05, 4.69) is 10.5 Å². The lowest BCUT2D eigenvalue weighted by molar-refractivity contribution is -0.129. The minimum absolute atomic E-state index is 0.0569. The summed E-state index contributed by atoms with van der Waals surface area (Å²) in [7, 11) is 0. The number of rotatable bonds is 4. The average Bonchev–Trinajstić information content (AvgIpc) is 2.82. The van der Waals surface area contributed by atoms with Gasteiger partial charge in [0.25, 0.3) is 0 Å². The summed E-state index contributed by atoms with van der Waals surface area (Å²) in [5.74, 6) is 4.23. The molecular formula is C18H24N2O2. The second kappa shape index (κ2) is 5.25. The second-order valence-electron chi connectivity index (χ2n) is 7.84. The molecule has 4 aliphatic carbocycles. The minimum atomic E-state index is 0.0569. The van der Waals surface area contributed by atoms with Crippen molar-refractivity contribution < 1.29 is 9.21 Å². The Morgan fingerprint density at radius 2 is 1.91 bits per heavy atom. The number of nitrogens with one attached hydrogen (secondary N) is 1. The quantitative estimate of drug-likeness (QED) is 0.681. The van der Waals surface area contributed by atoms with Crippen molar-refractivity contribution in [1.82, 2.24) is 5.43 Å². The monoisotopic (exact) mass is 300 g/mol. The van der Waals surface area contributed by atoms with Crippen molar-refractivity contribution in [3.05, 3.63) is 23.7 Å². The molecule has 1 heterocycles. The largest absolute Gasteiger partial charge is 0.460 e. The highest BCUT2D eigenvalue weighted by molar-refractivity contribution is 5.80. The Morgan fingerprint density at radius 3 is 2.45 bits per heavy atom. The van der Waals surface area contributed by atoms with Crippen LogP contribution in [0.2, 0.25) is 0 Å². The molecule has 0 saturated heterocycles. The molecule has 0 unspecified atom stereocenters. The van der Waals surface area contributed by atoms with E-state index in [4.69, 9.17) is 4.42 Å². The third kappa shape index (κ3) is 2.71. The first-order valence-electron chi connectivity index (χ1n) is 8.49. The minimum Gasteiger partial charge on any atom is -0.460 e. The molecule has 0 atom stereocenters. The molecule has 1 aromatic rings. The highest BCUT2D eigenvalue weighted by atomic mass is 16.3. The summed E-state index contributed by atoms with van der Waals surface area (Å²) in [6.45, 7) is 1.89. The zero-order valence-electron chi connectivity index (χ0n) is 13.2. The lowest BCUT2D eigenvalue weighted by Crippen LogP contribution is -2.47. The van der Waals surface area contributed by atoms with Gasteiger partial charge in [0, 0.05) is 6.42 Å². The van der Waals surface area contributed by atoms with E-state index in [9.17, 15) is 4.79 Å². The topological polar surface area (TPSA) is 54.6 Å². The molecule has 1 aromatic heterocycles. The van der Waals surface area contributed by atoms with Gasteiger partial charge in [-0.1, -0.05) is 0 Å². The summed E-state index contributed by atoms with van der Waals surface area (Å²) >= 11 is 0. The van der Waals surface area contributed by atoms with Crippen LogP contribution in [-0.4, -0.2) is 12.1 Å². The smallest absolute Gasteiger partial charge is 0.240 e. The van der Waals surface area contributed by atoms with Gasteiger partial charge in [-0.15, -0.1) is 0 Å². The van der Waals surface area contributed by atoms with Gasteiger partial charge in [-0.3, -0.25) is 4.79 Å². The molecule has 4 bridgehead atoms. The molecule has 0 radical (unpaired) electrons. The van der Waals surface area contributed by atoms with Crippen LogP contribution in [0.1, 0.15) is 56.5 Å². The Hall–Kier alpha value is -1.58. The Bertz CT molecular complexity index is 567. The number of aryl methyl sites for hydroxylation is 1. The molecule has 22 heavy (non-hydrogen) atoms.